The Morgan fingerprint density at radius 2 is 1.52 bits per heavy atom. The van der Waals surface area contributed by atoms with Crippen molar-refractivity contribution in [3.63, 3.8) is 0 Å². The van der Waals surface area contributed by atoms with Gasteiger partial charge in [-0.2, -0.15) is 0 Å². The molecule has 1 aliphatic carbocycles. The number of nitrogens with two attached hydrogens (primary N) is 1. The predicted octanol–water partition coefficient (Wildman–Crippen LogP) is 5.36. The van der Waals surface area contributed by atoms with Crippen molar-refractivity contribution in [3.05, 3.63) is 108 Å². The summed E-state index contributed by atoms with van der Waals surface area (Å²) in [6.45, 7) is 1.53. The van der Waals surface area contributed by atoms with E-state index >= 15 is 0 Å². The van der Waals surface area contributed by atoms with E-state index in [4.69, 9.17) is 5.73 Å². The molecule has 2 fully saturated rings. The lowest BCUT2D eigenvalue weighted by molar-refractivity contribution is -0.146. The molecule has 266 valence electrons. The number of nitrogens with one attached hydrogen (secondary N) is 1. The molecule has 5 rings (SSSR count). The fourth-order valence-corrected chi connectivity index (χ4v) is 7.04. The van der Waals surface area contributed by atoms with Gasteiger partial charge in [-0.1, -0.05) is 72.8 Å². The lowest BCUT2D eigenvalue weighted by Crippen LogP contribution is -2.56. The van der Waals surface area contributed by atoms with Crippen molar-refractivity contribution in [2.75, 3.05) is 34.2 Å². The molecule has 3 amide bonds. The van der Waals surface area contributed by atoms with Gasteiger partial charge < -0.3 is 25.8 Å². The molecule has 1 saturated heterocycles. The quantitative estimate of drug-likeness (QED) is 0.211. The van der Waals surface area contributed by atoms with Crippen LogP contribution in [-0.2, 0) is 27.2 Å². The van der Waals surface area contributed by atoms with Crippen LogP contribution >= 0.6 is 0 Å². The Morgan fingerprint density at radius 1 is 0.900 bits per heavy atom. The van der Waals surface area contributed by atoms with Crippen LogP contribution in [0.5, 0.6) is 0 Å². The standard InChI is InChI=1S/C41H52FN5O3/c1-45-27-8-12-35(45)22-26-44-39(49)36(28-31-16-20-34(42)21-17-31)47(3)40(50)37(46(2)38(48)13-7-23-41(43)24-9-25-41)29-30-14-18-33(19-15-30)32-10-5-4-6-11-32/h4-7,10-11,13-21,35-37H,8-9,12,22-29,43H2,1-3H3,(H,44,49)/b13-7+/t35?,36-,37-/m1/s1. The number of hydrogen-bond donors (Lipinski definition) is 2. The number of benzene rings is 3. The van der Waals surface area contributed by atoms with E-state index in [9.17, 15) is 18.8 Å². The Hall–Kier alpha value is -4.34. The first-order chi connectivity index (χ1) is 24.0. The zero-order valence-corrected chi connectivity index (χ0v) is 29.7. The third kappa shape index (κ3) is 9.67. The van der Waals surface area contributed by atoms with Gasteiger partial charge in [0.05, 0.1) is 0 Å². The molecule has 3 aromatic carbocycles. The molecule has 0 aromatic heterocycles. The molecule has 1 unspecified atom stereocenters. The first-order valence-corrected chi connectivity index (χ1v) is 17.9. The van der Waals surface area contributed by atoms with Crippen molar-refractivity contribution in [2.24, 2.45) is 5.73 Å². The molecular formula is C41H52FN5O3. The summed E-state index contributed by atoms with van der Waals surface area (Å²) in [6.07, 6.45) is 10.4. The molecule has 8 nitrogen and oxygen atoms in total. The first-order valence-electron chi connectivity index (χ1n) is 17.9. The fraction of sp³-hybridized carbons (Fsp3) is 0.439. The number of nitrogens with zero attached hydrogens (tertiary/aromatic N) is 3. The molecule has 3 N–H and O–H groups in total. The zero-order chi connectivity index (χ0) is 35.7. The van der Waals surface area contributed by atoms with Gasteiger partial charge in [0.15, 0.2) is 0 Å². The number of likely N-dealkylation sites (tertiary alicyclic amines) is 1. The van der Waals surface area contributed by atoms with Gasteiger partial charge in [0.2, 0.25) is 17.7 Å². The van der Waals surface area contributed by atoms with Gasteiger partial charge in [0.1, 0.15) is 17.9 Å². The summed E-state index contributed by atoms with van der Waals surface area (Å²) in [4.78, 5) is 47.2. The van der Waals surface area contributed by atoms with Gasteiger partial charge in [-0.15, -0.1) is 0 Å². The highest BCUT2D eigenvalue weighted by Crippen LogP contribution is 2.32. The van der Waals surface area contributed by atoms with Crippen LogP contribution in [-0.4, -0.2) is 90.3 Å². The van der Waals surface area contributed by atoms with Gasteiger partial charge in [-0.3, -0.25) is 14.4 Å². The maximum atomic E-state index is 14.5. The molecule has 1 aliphatic heterocycles. The van der Waals surface area contributed by atoms with E-state index in [1.165, 1.54) is 28.0 Å². The molecular weight excluding hydrogens is 629 g/mol. The van der Waals surface area contributed by atoms with Crippen LogP contribution in [0.25, 0.3) is 11.1 Å². The van der Waals surface area contributed by atoms with E-state index in [0.717, 1.165) is 67.3 Å². The summed E-state index contributed by atoms with van der Waals surface area (Å²) in [6, 6.07) is 22.7. The van der Waals surface area contributed by atoms with Crippen LogP contribution in [0.1, 0.15) is 56.1 Å². The second-order valence-corrected chi connectivity index (χ2v) is 14.2. The second kappa shape index (κ2) is 17.1. The monoisotopic (exact) mass is 681 g/mol. The maximum absolute atomic E-state index is 14.5. The van der Waals surface area contributed by atoms with Crippen molar-refractivity contribution in [1.82, 2.24) is 20.0 Å². The Morgan fingerprint density at radius 3 is 2.12 bits per heavy atom. The van der Waals surface area contributed by atoms with Crippen molar-refractivity contribution < 1.29 is 18.8 Å². The number of carbonyl (C=O) groups excluding carboxylic acids is 3. The highest BCUT2D eigenvalue weighted by atomic mass is 19.1. The Labute approximate surface area is 296 Å². The van der Waals surface area contributed by atoms with Crippen molar-refractivity contribution in [1.29, 1.82) is 0 Å². The fourth-order valence-electron chi connectivity index (χ4n) is 7.04. The van der Waals surface area contributed by atoms with Crippen molar-refractivity contribution in [2.45, 2.75) is 81.5 Å². The molecule has 2 aliphatic rings. The predicted molar refractivity (Wildman–Crippen MR) is 197 cm³/mol. The average molecular weight is 682 g/mol. The molecule has 3 aromatic rings. The topological polar surface area (TPSA) is 99.0 Å². The van der Waals surface area contributed by atoms with E-state index in [0.29, 0.717) is 19.0 Å². The first kappa shape index (κ1) is 36.9. The minimum Gasteiger partial charge on any atom is -0.354 e. The minimum atomic E-state index is -0.883. The van der Waals surface area contributed by atoms with Gasteiger partial charge >= 0.3 is 0 Å². The minimum absolute atomic E-state index is 0.201. The number of likely N-dealkylation sites (N-methyl/N-ethyl adjacent to an activating group) is 2. The number of amides is 3. The number of rotatable bonds is 15. The molecule has 50 heavy (non-hydrogen) atoms. The molecule has 0 spiro atoms. The number of hydrogen-bond acceptors (Lipinski definition) is 5. The summed E-state index contributed by atoms with van der Waals surface area (Å²) in [5.74, 6) is -1.31. The van der Waals surface area contributed by atoms with E-state index < -0.39 is 12.1 Å². The van der Waals surface area contributed by atoms with Crippen molar-refractivity contribution >= 4 is 17.7 Å². The summed E-state index contributed by atoms with van der Waals surface area (Å²) < 4.78 is 13.8. The number of halogens is 1. The van der Waals surface area contributed by atoms with Gasteiger partial charge in [-0.25, -0.2) is 4.39 Å². The molecule has 0 bridgehead atoms. The molecule has 1 saturated carbocycles. The largest absolute Gasteiger partial charge is 0.354 e. The summed E-state index contributed by atoms with van der Waals surface area (Å²) in [7, 11) is 5.36. The van der Waals surface area contributed by atoms with Crippen LogP contribution in [0.2, 0.25) is 0 Å². The SMILES string of the molecule is CN1CCCC1CCNC(=O)[C@@H](Cc1ccc(F)cc1)N(C)C(=O)[C@@H](Cc1ccc(-c2ccccc2)cc1)N(C)C(=O)/C=C/CC1(N)CCC1. The molecule has 9 heteroatoms. The number of carbonyl (C=O) groups is 3. The maximum Gasteiger partial charge on any atom is 0.246 e. The molecule has 0 radical (unpaired) electrons. The highest BCUT2D eigenvalue weighted by Gasteiger charge is 2.35. The Kier molecular flexibility index (Phi) is 12.6. The molecule has 3 atom stereocenters. The normalized spacial score (nSPS) is 18.3. The third-order valence-corrected chi connectivity index (χ3v) is 10.6. The lowest BCUT2D eigenvalue weighted by atomic mass is 9.75. The van der Waals surface area contributed by atoms with E-state index in [2.05, 4.69) is 17.3 Å². The van der Waals surface area contributed by atoms with Crippen molar-refractivity contribution in [3.8, 4) is 11.1 Å². The van der Waals surface area contributed by atoms with Crippen LogP contribution in [0.3, 0.4) is 0 Å². The summed E-state index contributed by atoms with van der Waals surface area (Å²) in [5.41, 5.74) is 9.87. The smallest absolute Gasteiger partial charge is 0.246 e. The van der Waals surface area contributed by atoms with Crippen LogP contribution in [0.15, 0.2) is 91.0 Å². The molecule has 1 heterocycles. The van der Waals surface area contributed by atoms with Crippen LogP contribution < -0.4 is 11.1 Å². The summed E-state index contributed by atoms with van der Waals surface area (Å²) in [5, 5.41) is 3.08. The third-order valence-electron chi connectivity index (χ3n) is 10.6. The van der Waals surface area contributed by atoms with Crippen LogP contribution in [0.4, 0.5) is 4.39 Å². The zero-order valence-electron chi connectivity index (χ0n) is 29.7. The lowest BCUT2D eigenvalue weighted by Gasteiger charge is -2.37. The van der Waals surface area contributed by atoms with Gasteiger partial charge in [0, 0.05) is 45.1 Å². The Balaban J connectivity index is 1.37. The van der Waals surface area contributed by atoms with Gasteiger partial charge in [0.25, 0.3) is 0 Å². The Bertz CT molecular complexity index is 1610. The summed E-state index contributed by atoms with van der Waals surface area (Å²) >= 11 is 0. The van der Waals surface area contributed by atoms with Gasteiger partial charge in [-0.05, 0) is 99.0 Å². The van der Waals surface area contributed by atoms with E-state index in [1.54, 1.807) is 26.2 Å². The average Bonchev–Trinajstić information content (AvgIpc) is 3.53. The van der Waals surface area contributed by atoms with E-state index in [-0.39, 0.29) is 41.9 Å². The van der Waals surface area contributed by atoms with E-state index in [1.807, 2.05) is 60.7 Å². The van der Waals surface area contributed by atoms with Crippen LogP contribution in [0, 0.1) is 5.82 Å². The highest BCUT2D eigenvalue weighted by molar-refractivity contribution is 5.95. The second-order valence-electron chi connectivity index (χ2n) is 14.2.